The maximum Gasteiger partial charge on any atom is 0.254 e. The molecule has 0 aliphatic rings. The number of benzene rings is 2. The maximum atomic E-state index is 14.4. The highest BCUT2D eigenvalue weighted by atomic mass is 32.2. The van der Waals surface area contributed by atoms with Crippen molar-refractivity contribution in [2.45, 2.75) is 37.1 Å². The molecule has 0 aliphatic heterocycles. The number of aromatic amines is 1. The molecule has 0 fully saturated rings. The number of rotatable bonds is 7. The lowest BCUT2D eigenvalue weighted by atomic mass is 9.90. The number of aromatic nitrogens is 2. The van der Waals surface area contributed by atoms with Gasteiger partial charge in [0, 0.05) is 22.8 Å². The lowest BCUT2D eigenvalue weighted by molar-refractivity contribution is 0.414. The third-order valence-corrected chi connectivity index (χ3v) is 5.73. The molecule has 0 bridgehead atoms. The first-order valence-corrected chi connectivity index (χ1v) is 10.2. The molecule has 152 valence electrons. The van der Waals surface area contributed by atoms with Crippen molar-refractivity contribution < 1.29 is 13.5 Å². The Morgan fingerprint density at radius 3 is 2.38 bits per heavy atom. The molecule has 1 N–H and O–H groups in total. The van der Waals surface area contributed by atoms with Gasteiger partial charge in [-0.1, -0.05) is 36.9 Å². The molecule has 0 saturated heterocycles. The summed E-state index contributed by atoms with van der Waals surface area (Å²) >= 11 is 1.36. The van der Waals surface area contributed by atoms with E-state index in [1.54, 1.807) is 14.0 Å². The Bertz CT molecular complexity index is 1030. The van der Waals surface area contributed by atoms with E-state index >= 15 is 0 Å². The normalized spacial score (nSPS) is 12.0. The minimum absolute atomic E-state index is 0.0534. The zero-order chi connectivity index (χ0) is 21.0. The van der Waals surface area contributed by atoms with E-state index in [2.05, 4.69) is 9.97 Å². The number of nitrogens with zero attached hydrogens (tertiary/aromatic N) is 1. The molecule has 1 atom stereocenters. The zero-order valence-corrected chi connectivity index (χ0v) is 17.3. The number of hydrogen-bond donors (Lipinski definition) is 1. The molecule has 1 heterocycles. The predicted molar refractivity (Wildman–Crippen MR) is 111 cm³/mol. The monoisotopic (exact) mass is 416 g/mol. The van der Waals surface area contributed by atoms with Gasteiger partial charge in [-0.3, -0.25) is 4.79 Å². The molecule has 2 aromatic carbocycles. The summed E-state index contributed by atoms with van der Waals surface area (Å²) in [6.07, 6.45) is 0.414. The highest BCUT2D eigenvalue weighted by molar-refractivity contribution is 7.98. The molecule has 0 amide bonds. The summed E-state index contributed by atoms with van der Waals surface area (Å²) in [7, 11) is 1.61. The van der Waals surface area contributed by atoms with Gasteiger partial charge in [0.25, 0.3) is 5.56 Å². The molecule has 29 heavy (non-hydrogen) atoms. The van der Waals surface area contributed by atoms with Crippen LogP contribution in [0.4, 0.5) is 8.78 Å². The summed E-state index contributed by atoms with van der Waals surface area (Å²) in [5, 5.41) is 0.418. The highest BCUT2D eigenvalue weighted by Crippen LogP contribution is 2.32. The summed E-state index contributed by atoms with van der Waals surface area (Å²) in [5.41, 5.74) is 1.45. The van der Waals surface area contributed by atoms with Gasteiger partial charge in [0.2, 0.25) is 0 Å². The average Bonchev–Trinajstić information content (AvgIpc) is 2.72. The standard InChI is InChI=1S/C22H22F2N2O2S/c1-4-16(19-17(23)6-5-7-18(19)24)20-13(2)21(27)26-22(25-20)29-12-14-8-10-15(28-3)11-9-14/h5-11,16H,4,12H2,1-3H3,(H,25,26,27). The Morgan fingerprint density at radius 2 is 1.79 bits per heavy atom. The van der Waals surface area contributed by atoms with Gasteiger partial charge in [0.1, 0.15) is 17.4 Å². The molecular formula is C22H22F2N2O2S. The Morgan fingerprint density at radius 1 is 1.14 bits per heavy atom. The minimum Gasteiger partial charge on any atom is -0.497 e. The molecule has 3 aromatic rings. The van der Waals surface area contributed by atoms with Crippen LogP contribution in [0.1, 0.15) is 41.6 Å². The second-order valence-corrected chi connectivity index (χ2v) is 7.58. The highest BCUT2D eigenvalue weighted by Gasteiger charge is 2.25. The third kappa shape index (κ3) is 4.67. The van der Waals surface area contributed by atoms with E-state index in [1.165, 1.54) is 30.0 Å². The van der Waals surface area contributed by atoms with Crippen molar-refractivity contribution in [1.82, 2.24) is 9.97 Å². The van der Waals surface area contributed by atoms with E-state index in [1.807, 2.05) is 31.2 Å². The topological polar surface area (TPSA) is 55.0 Å². The minimum atomic E-state index is -0.640. The van der Waals surface area contributed by atoms with Crippen LogP contribution in [-0.4, -0.2) is 17.1 Å². The Kier molecular flexibility index (Phi) is 6.69. The van der Waals surface area contributed by atoms with E-state index in [9.17, 15) is 13.6 Å². The summed E-state index contributed by atoms with van der Waals surface area (Å²) in [4.78, 5) is 19.8. The van der Waals surface area contributed by atoms with Crippen LogP contribution in [0.3, 0.4) is 0 Å². The Balaban J connectivity index is 1.93. The lowest BCUT2D eigenvalue weighted by Crippen LogP contribution is -2.19. The summed E-state index contributed by atoms with van der Waals surface area (Å²) in [5.74, 6) is -0.559. The van der Waals surface area contributed by atoms with Crippen LogP contribution < -0.4 is 10.3 Å². The van der Waals surface area contributed by atoms with Crippen LogP contribution in [0.25, 0.3) is 0 Å². The summed E-state index contributed by atoms with van der Waals surface area (Å²) in [6, 6.07) is 11.4. The molecule has 0 radical (unpaired) electrons. The van der Waals surface area contributed by atoms with E-state index in [4.69, 9.17) is 4.74 Å². The van der Waals surface area contributed by atoms with Crippen LogP contribution in [0.15, 0.2) is 52.4 Å². The summed E-state index contributed by atoms with van der Waals surface area (Å²) in [6.45, 7) is 3.45. The lowest BCUT2D eigenvalue weighted by Gasteiger charge is -2.19. The van der Waals surface area contributed by atoms with Crippen LogP contribution in [-0.2, 0) is 5.75 Å². The van der Waals surface area contributed by atoms with Gasteiger partial charge in [0.05, 0.1) is 12.8 Å². The van der Waals surface area contributed by atoms with Crippen LogP contribution in [0.5, 0.6) is 5.75 Å². The van der Waals surface area contributed by atoms with E-state index in [-0.39, 0.29) is 11.1 Å². The number of ether oxygens (including phenoxy) is 1. The number of thioether (sulfide) groups is 1. The van der Waals surface area contributed by atoms with E-state index in [0.29, 0.717) is 28.6 Å². The van der Waals surface area contributed by atoms with Crippen molar-refractivity contribution in [3.8, 4) is 5.75 Å². The van der Waals surface area contributed by atoms with Gasteiger partial charge in [-0.05, 0) is 43.2 Å². The fourth-order valence-electron chi connectivity index (χ4n) is 3.19. The van der Waals surface area contributed by atoms with Crippen molar-refractivity contribution in [3.63, 3.8) is 0 Å². The number of halogens is 2. The fraction of sp³-hybridized carbons (Fsp3) is 0.273. The maximum absolute atomic E-state index is 14.4. The largest absolute Gasteiger partial charge is 0.497 e. The van der Waals surface area contributed by atoms with Crippen LogP contribution >= 0.6 is 11.8 Å². The van der Waals surface area contributed by atoms with Crippen molar-refractivity contribution in [2.24, 2.45) is 0 Å². The van der Waals surface area contributed by atoms with Crippen molar-refractivity contribution >= 4 is 11.8 Å². The first-order valence-electron chi connectivity index (χ1n) is 9.25. The molecule has 0 saturated carbocycles. The number of H-pyrrole nitrogens is 1. The first kappa shape index (κ1) is 21.0. The molecule has 0 aliphatic carbocycles. The zero-order valence-electron chi connectivity index (χ0n) is 16.5. The SMILES string of the molecule is CCC(c1nc(SCc2ccc(OC)cc2)[nH]c(=O)c1C)c1c(F)cccc1F. The van der Waals surface area contributed by atoms with Gasteiger partial charge in [-0.15, -0.1) is 0 Å². The van der Waals surface area contributed by atoms with Crippen molar-refractivity contribution in [3.05, 3.63) is 86.8 Å². The Hall–Kier alpha value is -2.67. The van der Waals surface area contributed by atoms with E-state index < -0.39 is 17.6 Å². The molecule has 4 nitrogen and oxygen atoms in total. The molecule has 0 spiro atoms. The van der Waals surface area contributed by atoms with Gasteiger partial charge in [-0.25, -0.2) is 13.8 Å². The van der Waals surface area contributed by atoms with E-state index in [0.717, 1.165) is 11.3 Å². The number of methoxy groups -OCH3 is 1. The van der Waals surface area contributed by atoms with Crippen LogP contribution in [0.2, 0.25) is 0 Å². The molecule has 1 aromatic heterocycles. The van der Waals surface area contributed by atoms with Gasteiger partial charge < -0.3 is 9.72 Å². The number of hydrogen-bond acceptors (Lipinski definition) is 4. The molecule has 7 heteroatoms. The smallest absolute Gasteiger partial charge is 0.254 e. The second-order valence-electron chi connectivity index (χ2n) is 6.61. The Labute approximate surface area is 172 Å². The average molecular weight is 416 g/mol. The van der Waals surface area contributed by atoms with Crippen molar-refractivity contribution in [1.29, 1.82) is 0 Å². The molecular weight excluding hydrogens is 394 g/mol. The fourth-order valence-corrected chi connectivity index (χ4v) is 4.01. The van der Waals surface area contributed by atoms with Gasteiger partial charge >= 0.3 is 0 Å². The summed E-state index contributed by atoms with van der Waals surface area (Å²) < 4.78 is 33.9. The molecule has 3 rings (SSSR count). The number of nitrogens with one attached hydrogen (secondary N) is 1. The van der Waals surface area contributed by atoms with Crippen molar-refractivity contribution in [2.75, 3.05) is 7.11 Å². The van der Waals surface area contributed by atoms with Gasteiger partial charge in [-0.2, -0.15) is 0 Å². The third-order valence-electron chi connectivity index (χ3n) is 4.79. The van der Waals surface area contributed by atoms with Gasteiger partial charge in [0.15, 0.2) is 5.16 Å². The predicted octanol–water partition coefficient (Wildman–Crippen LogP) is 5.20. The second kappa shape index (κ2) is 9.22. The quantitative estimate of drug-likeness (QED) is 0.425. The van der Waals surface area contributed by atoms with Crippen LogP contribution in [0, 0.1) is 18.6 Å². The molecule has 1 unspecified atom stereocenters. The first-order chi connectivity index (χ1) is 13.9.